The summed E-state index contributed by atoms with van der Waals surface area (Å²) in [5.41, 5.74) is 4.81. The van der Waals surface area contributed by atoms with E-state index in [4.69, 9.17) is 14.2 Å². The molecule has 2 aliphatic rings. The Morgan fingerprint density at radius 3 is 2.80 bits per heavy atom. The van der Waals surface area contributed by atoms with Gasteiger partial charge in [0.2, 0.25) is 5.91 Å². The van der Waals surface area contributed by atoms with Crippen molar-refractivity contribution in [3.05, 3.63) is 89.2 Å². The molecule has 180 valence electrons. The topological polar surface area (TPSA) is 48.0 Å². The molecule has 0 saturated carbocycles. The highest BCUT2D eigenvalue weighted by atomic mass is 19.1. The van der Waals surface area contributed by atoms with Gasteiger partial charge in [-0.2, -0.15) is 0 Å². The number of hydrogen-bond acceptors (Lipinski definition) is 4. The monoisotopic (exact) mass is 473 g/mol. The second kappa shape index (κ2) is 10.3. The number of nitrogens with zero attached hydrogens (tertiary/aromatic N) is 1. The van der Waals surface area contributed by atoms with Gasteiger partial charge in [0.15, 0.2) is 11.5 Å². The van der Waals surface area contributed by atoms with Crippen LogP contribution in [0.25, 0.3) is 17.2 Å². The maximum Gasteiger partial charge on any atom is 0.246 e. The number of carbonyl (C=O) groups is 1. The molecule has 0 aliphatic carbocycles. The van der Waals surface area contributed by atoms with Gasteiger partial charge >= 0.3 is 0 Å². The molecular formula is C29H28FNO4. The van der Waals surface area contributed by atoms with Crippen molar-refractivity contribution in [3.63, 3.8) is 0 Å². The van der Waals surface area contributed by atoms with Gasteiger partial charge in [-0.1, -0.05) is 36.4 Å². The third kappa shape index (κ3) is 5.38. The zero-order valence-corrected chi connectivity index (χ0v) is 19.7. The van der Waals surface area contributed by atoms with Gasteiger partial charge < -0.3 is 19.1 Å². The van der Waals surface area contributed by atoms with Crippen molar-refractivity contribution in [1.82, 2.24) is 4.90 Å². The number of halogens is 1. The third-order valence-corrected chi connectivity index (χ3v) is 6.32. The number of aryl methyl sites for hydroxylation is 1. The molecular weight excluding hydrogens is 445 g/mol. The van der Waals surface area contributed by atoms with Crippen LogP contribution in [-0.2, 0) is 16.1 Å². The summed E-state index contributed by atoms with van der Waals surface area (Å²) >= 11 is 0. The number of ether oxygens (including phenoxy) is 3. The van der Waals surface area contributed by atoms with Crippen molar-refractivity contribution < 1.29 is 23.4 Å². The van der Waals surface area contributed by atoms with Gasteiger partial charge in [-0.3, -0.25) is 4.79 Å². The molecule has 1 atom stereocenters. The minimum Gasteiger partial charge on any atom is -0.487 e. The first-order valence-corrected chi connectivity index (χ1v) is 11.9. The van der Waals surface area contributed by atoms with Gasteiger partial charge in [-0.15, -0.1) is 0 Å². The van der Waals surface area contributed by atoms with E-state index in [-0.39, 0.29) is 17.8 Å². The third-order valence-electron chi connectivity index (χ3n) is 6.32. The van der Waals surface area contributed by atoms with Gasteiger partial charge in [0, 0.05) is 24.6 Å². The Bertz CT molecular complexity index is 1250. The highest BCUT2D eigenvalue weighted by Gasteiger charge is 2.26. The largest absolute Gasteiger partial charge is 0.487 e. The van der Waals surface area contributed by atoms with Crippen molar-refractivity contribution in [2.24, 2.45) is 0 Å². The molecule has 5 nitrogen and oxygen atoms in total. The highest BCUT2D eigenvalue weighted by Crippen LogP contribution is 2.40. The van der Waals surface area contributed by atoms with Gasteiger partial charge in [0.05, 0.1) is 19.8 Å². The Labute approximate surface area is 204 Å². The summed E-state index contributed by atoms with van der Waals surface area (Å²) in [5, 5.41) is 0. The van der Waals surface area contributed by atoms with Crippen LogP contribution in [0.5, 0.6) is 11.5 Å². The second-order valence-corrected chi connectivity index (χ2v) is 8.88. The zero-order valence-electron chi connectivity index (χ0n) is 19.7. The predicted molar refractivity (Wildman–Crippen MR) is 133 cm³/mol. The normalized spacial score (nSPS) is 17.7. The van der Waals surface area contributed by atoms with Gasteiger partial charge in [-0.25, -0.2) is 4.39 Å². The van der Waals surface area contributed by atoms with Crippen LogP contribution in [0.3, 0.4) is 0 Å². The number of fused-ring (bicyclic) bond motifs is 1. The molecule has 6 heteroatoms. The molecule has 0 aromatic heterocycles. The molecule has 2 heterocycles. The maximum atomic E-state index is 13.5. The standard InChI is InChI=1S/C29H28FNO4/c1-20-5-2-3-8-26(20)22-16-23-18-31(28(32)10-9-21-6-4-7-24(30)15-21)12-14-34-29(23)27(17-22)35-25-11-13-33-19-25/h2-10,15-17,25H,11-14,18-19H2,1H3/b10-9+/t25-/m0/s1. The summed E-state index contributed by atoms with van der Waals surface area (Å²) in [5.74, 6) is 0.874. The van der Waals surface area contributed by atoms with E-state index in [1.165, 1.54) is 18.2 Å². The fraction of sp³-hybridized carbons (Fsp3) is 0.276. The van der Waals surface area contributed by atoms with E-state index in [9.17, 15) is 9.18 Å². The number of rotatable bonds is 5. The van der Waals surface area contributed by atoms with E-state index in [2.05, 4.69) is 25.1 Å². The Kier molecular flexibility index (Phi) is 6.82. The molecule has 1 fully saturated rings. The molecule has 0 N–H and O–H groups in total. The van der Waals surface area contributed by atoms with Crippen LogP contribution >= 0.6 is 0 Å². The van der Waals surface area contributed by atoms with Crippen LogP contribution < -0.4 is 9.47 Å². The van der Waals surface area contributed by atoms with Crippen molar-refractivity contribution >= 4 is 12.0 Å². The molecule has 35 heavy (non-hydrogen) atoms. The quantitative estimate of drug-likeness (QED) is 0.466. The van der Waals surface area contributed by atoms with Crippen LogP contribution in [0, 0.1) is 12.7 Å². The van der Waals surface area contributed by atoms with E-state index in [0.29, 0.717) is 50.0 Å². The number of benzene rings is 3. The first-order valence-electron chi connectivity index (χ1n) is 11.9. The van der Waals surface area contributed by atoms with Crippen molar-refractivity contribution in [2.75, 3.05) is 26.4 Å². The Morgan fingerprint density at radius 2 is 2.00 bits per heavy atom. The van der Waals surface area contributed by atoms with E-state index >= 15 is 0 Å². The Balaban J connectivity index is 1.46. The van der Waals surface area contributed by atoms with Crippen molar-refractivity contribution in [1.29, 1.82) is 0 Å². The highest BCUT2D eigenvalue weighted by molar-refractivity contribution is 5.92. The fourth-order valence-electron chi connectivity index (χ4n) is 4.48. The van der Waals surface area contributed by atoms with Crippen LogP contribution in [0.15, 0.2) is 66.7 Å². The summed E-state index contributed by atoms with van der Waals surface area (Å²) in [6.45, 7) is 4.50. The van der Waals surface area contributed by atoms with E-state index in [1.807, 2.05) is 18.2 Å². The minimum atomic E-state index is -0.333. The predicted octanol–water partition coefficient (Wildman–Crippen LogP) is 5.40. The summed E-state index contributed by atoms with van der Waals surface area (Å²) in [4.78, 5) is 14.8. The number of amides is 1. The molecule has 0 radical (unpaired) electrons. The Hall–Kier alpha value is -3.64. The molecule has 2 aliphatic heterocycles. The van der Waals surface area contributed by atoms with Crippen LogP contribution in [0.1, 0.15) is 23.1 Å². The lowest BCUT2D eigenvalue weighted by molar-refractivity contribution is -0.126. The van der Waals surface area contributed by atoms with E-state index in [0.717, 1.165) is 28.7 Å². The molecule has 3 aromatic rings. The smallest absolute Gasteiger partial charge is 0.246 e. The SMILES string of the molecule is Cc1ccccc1-c1cc2c(c(O[C@H]3CCOC3)c1)OCCN(C(=O)/C=C/c1cccc(F)c1)C2. The number of hydrogen-bond donors (Lipinski definition) is 0. The van der Waals surface area contributed by atoms with Crippen LogP contribution in [0.2, 0.25) is 0 Å². The lowest BCUT2D eigenvalue weighted by atomic mass is 9.97. The average molecular weight is 474 g/mol. The summed E-state index contributed by atoms with van der Waals surface area (Å²) in [6, 6.07) is 18.5. The van der Waals surface area contributed by atoms with Crippen LogP contribution in [0.4, 0.5) is 4.39 Å². The van der Waals surface area contributed by atoms with Gasteiger partial charge in [0.1, 0.15) is 18.5 Å². The zero-order chi connectivity index (χ0) is 24.2. The van der Waals surface area contributed by atoms with Gasteiger partial charge in [-0.05, 0) is 59.5 Å². The molecule has 0 bridgehead atoms. The van der Waals surface area contributed by atoms with Gasteiger partial charge in [0.25, 0.3) is 0 Å². The molecule has 1 saturated heterocycles. The Morgan fingerprint density at radius 1 is 1.11 bits per heavy atom. The van der Waals surface area contributed by atoms with Crippen molar-refractivity contribution in [2.45, 2.75) is 26.0 Å². The summed E-state index contributed by atoms with van der Waals surface area (Å²) in [6.07, 6.45) is 3.93. The maximum absolute atomic E-state index is 13.5. The summed E-state index contributed by atoms with van der Waals surface area (Å²) in [7, 11) is 0. The first-order chi connectivity index (χ1) is 17.1. The van der Waals surface area contributed by atoms with E-state index in [1.54, 1.807) is 23.1 Å². The van der Waals surface area contributed by atoms with E-state index < -0.39 is 0 Å². The average Bonchev–Trinajstić information content (AvgIpc) is 3.26. The second-order valence-electron chi connectivity index (χ2n) is 8.88. The lowest BCUT2D eigenvalue weighted by Gasteiger charge is -2.20. The molecule has 3 aromatic carbocycles. The minimum absolute atomic E-state index is 0.0231. The van der Waals surface area contributed by atoms with Crippen LogP contribution in [-0.4, -0.2) is 43.3 Å². The fourth-order valence-corrected chi connectivity index (χ4v) is 4.48. The molecule has 1 amide bonds. The summed E-state index contributed by atoms with van der Waals surface area (Å²) < 4.78 is 31.5. The first kappa shape index (κ1) is 23.1. The molecule has 0 unspecified atom stereocenters. The lowest BCUT2D eigenvalue weighted by Crippen LogP contribution is -2.30. The van der Waals surface area contributed by atoms with Crippen molar-refractivity contribution in [3.8, 4) is 22.6 Å². The number of carbonyl (C=O) groups excluding carboxylic acids is 1. The molecule has 0 spiro atoms. The molecule has 5 rings (SSSR count).